The zero-order valence-corrected chi connectivity index (χ0v) is 14.7. The Morgan fingerprint density at radius 3 is 2.15 bits per heavy atom. The van der Waals surface area contributed by atoms with Gasteiger partial charge in [-0.1, -0.05) is 73.5 Å². The van der Waals surface area contributed by atoms with Crippen molar-refractivity contribution in [2.75, 3.05) is 0 Å². The minimum atomic E-state index is 0.270. The molecule has 1 unspecified atom stereocenters. The van der Waals surface area contributed by atoms with E-state index in [2.05, 4.69) is 54.3 Å². The van der Waals surface area contributed by atoms with Crippen molar-refractivity contribution in [3.63, 3.8) is 0 Å². The fourth-order valence-corrected chi connectivity index (χ4v) is 2.88. The molecule has 0 aromatic heterocycles. The Labute approximate surface area is 132 Å². The van der Waals surface area contributed by atoms with Crippen molar-refractivity contribution >= 4 is 15.9 Å². The fraction of sp³-hybridized carbons (Fsp3) is 0.647. The second-order valence-corrected chi connectivity index (χ2v) is 6.54. The molecule has 1 atom stereocenters. The highest BCUT2D eigenvalue weighted by atomic mass is 79.9. The maximum Gasteiger partial charge on any atom is 0.0460 e. The van der Waals surface area contributed by atoms with E-state index in [1.165, 1.54) is 59.7 Å². The Kier molecular flexibility index (Phi) is 8.43. The third-order valence-electron chi connectivity index (χ3n) is 3.91. The number of aryl methyl sites for hydroxylation is 2. The monoisotopic (exact) mass is 340 g/mol. The molecule has 3 heteroatoms. The SMILES string of the molecule is CCCCCCCCC(NN)c1cc(C)c(Br)c(C)c1. The maximum absolute atomic E-state index is 5.74. The fourth-order valence-electron chi connectivity index (χ4n) is 2.66. The van der Waals surface area contributed by atoms with Crippen LogP contribution in [0.25, 0.3) is 0 Å². The largest absolute Gasteiger partial charge is 0.271 e. The molecule has 0 fully saturated rings. The average molecular weight is 341 g/mol. The summed E-state index contributed by atoms with van der Waals surface area (Å²) >= 11 is 3.62. The topological polar surface area (TPSA) is 38.0 Å². The molecule has 0 aliphatic carbocycles. The van der Waals surface area contributed by atoms with Crippen LogP contribution in [0, 0.1) is 13.8 Å². The maximum atomic E-state index is 5.74. The van der Waals surface area contributed by atoms with E-state index in [1.807, 2.05) is 0 Å². The quantitative estimate of drug-likeness (QED) is 0.362. The summed E-state index contributed by atoms with van der Waals surface area (Å²) in [6.07, 6.45) is 9.06. The molecule has 0 spiro atoms. The number of nitrogens with two attached hydrogens (primary N) is 1. The number of benzene rings is 1. The van der Waals surface area contributed by atoms with Crippen LogP contribution in [0.5, 0.6) is 0 Å². The van der Waals surface area contributed by atoms with Crippen LogP contribution in [0.2, 0.25) is 0 Å². The van der Waals surface area contributed by atoms with Crippen LogP contribution in [0.1, 0.15) is 74.6 Å². The highest BCUT2D eigenvalue weighted by molar-refractivity contribution is 9.10. The molecule has 20 heavy (non-hydrogen) atoms. The van der Waals surface area contributed by atoms with Gasteiger partial charge < -0.3 is 0 Å². The van der Waals surface area contributed by atoms with Gasteiger partial charge in [0.05, 0.1) is 0 Å². The predicted molar refractivity (Wildman–Crippen MR) is 91.7 cm³/mol. The first-order valence-electron chi connectivity index (χ1n) is 7.83. The molecule has 0 bridgehead atoms. The summed E-state index contributed by atoms with van der Waals surface area (Å²) in [5, 5.41) is 0. The van der Waals surface area contributed by atoms with E-state index in [4.69, 9.17) is 5.84 Å². The molecule has 0 aliphatic heterocycles. The van der Waals surface area contributed by atoms with Gasteiger partial charge in [0.2, 0.25) is 0 Å². The van der Waals surface area contributed by atoms with Gasteiger partial charge in [-0.2, -0.15) is 0 Å². The molecular formula is C17H29BrN2. The number of hydrogen-bond acceptors (Lipinski definition) is 2. The second-order valence-electron chi connectivity index (χ2n) is 5.74. The molecule has 1 rings (SSSR count). The van der Waals surface area contributed by atoms with Crippen LogP contribution in [-0.4, -0.2) is 0 Å². The summed E-state index contributed by atoms with van der Waals surface area (Å²) < 4.78 is 1.21. The Morgan fingerprint density at radius 2 is 1.60 bits per heavy atom. The Hall–Kier alpha value is -0.380. The third-order valence-corrected chi connectivity index (χ3v) is 5.16. The van der Waals surface area contributed by atoms with Gasteiger partial charge in [-0.25, -0.2) is 0 Å². The summed E-state index contributed by atoms with van der Waals surface area (Å²) in [4.78, 5) is 0. The van der Waals surface area contributed by atoms with Gasteiger partial charge in [-0.15, -0.1) is 0 Å². The molecule has 0 amide bonds. The summed E-state index contributed by atoms with van der Waals surface area (Å²) in [5.74, 6) is 5.74. The minimum Gasteiger partial charge on any atom is -0.271 e. The second kappa shape index (κ2) is 9.54. The van der Waals surface area contributed by atoms with Crippen molar-refractivity contribution in [1.29, 1.82) is 0 Å². The molecule has 1 aromatic carbocycles. The molecule has 0 saturated carbocycles. The highest BCUT2D eigenvalue weighted by Crippen LogP contribution is 2.27. The molecule has 1 aromatic rings. The first-order chi connectivity index (χ1) is 9.60. The first kappa shape index (κ1) is 17.7. The number of unbranched alkanes of at least 4 members (excludes halogenated alkanes) is 5. The average Bonchev–Trinajstić information content (AvgIpc) is 2.43. The highest BCUT2D eigenvalue weighted by Gasteiger charge is 2.12. The van der Waals surface area contributed by atoms with E-state index in [1.54, 1.807) is 0 Å². The molecule has 3 N–H and O–H groups in total. The van der Waals surface area contributed by atoms with Crippen molar-refractivity contribution < 1.29 is 0 Å². The smallest absolute Gasteiger partial charge is 0.0460 e. The van der Waals surface area contributed by atoms with Crippen molar-refractivity contribution in [3.05, 3.63) is 33.3 Å². The molecule has 0 heterocycles. The van der Waals surface area contributed by atoms with E-state index in [0.29, 0.717) is 0 Å². The molecule has 0 aliphatic rings. The van der Waals surface area contributed by atoms with Gasteiger partial charge >= 0.3 is 0 Å². The van der Waals surface area contributed by atoms with Gasteiger partial charge in [0.25, 0.3) is 0 Å². The third kappa shape index (κ3) is 5.55. The molecule has 2 nitrogen and oxygen atoms in total. The number of nitrogens with one attached hydrogen (secondary N) is 1. The van der Waals surface area contributed by atoms with Crippen LogP contribution in [0.4, 0.5) is 0 Å². The summed E-state index contributed by atoms with van der Waals surface area (Å²) in [6.45, 7) is 6.53. The van der Waals surface area contributed by atoms with Gasteiger partial charge in [0.1, 0.15) is 0 Å². The van der Waals surface area contributed by atoms with Crippen LogP contribution in [-0.2, 0) is 0 Å². The Morgan fingerprint density at radius 1 is 1.05 bits per heavy atom. The van der Waals surface area contributed by atoms with Crippen molar-refractivity contribution in [1.82, 2.24) is 5.43 Å². The van der Waals surface area contributed by atoms with Crippen LogP contribution >= 0.6 is 15.9 Å². The minimum absolute atomic E-state index is 0.270. The Bertz CT molecular complexity index is 381. The van der Waals surface area contributed by atoms with E-state index < -0.39 is 0 Å². The number of hydrazine groups is 1. The van der Waals surface area contributed by atoms with Crippen LogP contribution < -0.4 is 11.3 Å². The normalized spacial score (nSPS) is 12.7. The standard InChI is InChI=1S/C17H29BrN2/c1-4-5-6-7-8-9-10-16(20-19)15-11-13(2)17(18)14(3)12-15/h11-12,16,20H,4-10,19H2,1-3H3. The summed E-state index contributed by atoms with van der Waals surface area (Å²) in [7, 11) is 0. The first-order valence-corrected chi connectivity index (χ1v) is 8.62. The molecule has 0 radical (unpaired) electrons. The van der Waals surface area contributed by atoms with E-state index in [0.717, 1.165) is 6.42 Å². The van der Waals surface area contributed by atoms with E-state index in [9.17, 15) is 0 Å². The van der Waals surface area contributed by atoms with Crippen LogP contribution in [0.3, 0.4) is 0 Å². The number of hydrogen-bond donors (Lipinski definition) is 2. The summed E-state index contributed by atoms with van der Waals surface area (Å²) in [6, 6.07) is 4.74. The van der Waals surface area contributed by atoms with E-state index >= 15 is 0 Å². The predicted octanol–water partition coefficient (Wildman–Crippen LogP) is 5.32. The van der Waals surface area contributed by atoms with Gasteiger partial charge in [0.15, 0.2) is 0 Å². The lowest BCUT2D eigenvalue weighted by molar-refractivity contribution is 0.476. The van der Waals surface area contributed by atoms with Gasteiger partial charge in [-0.05, 0) is 37.0 Å². The van der Waals surface area contributed by atoms with Gasteiger partial charge in [-0.3, -0.25) is 11.3 Å². The zero-order chi connectivity index (χ0) is 15.0. The van der Waals surface area contributed by atoms with Crippen LogP contribution in [0.15, 0.2) is 16.6 Å². The summed E-state index contributed by atoms with van der Waals surface area (Å²) in [5.41, 5.74) is 6.85. The van der Waals surface area contributed by atoms with Crippen molar-refractivity contribution in [2.45, 2.75) is 71.8 Å². The van der Waals surface area contributed by atoms with Crippen molar-refractivity contribution in [3.8, 4) is 0 Å². The number of halogens is 1. The Balaban J connectivity index is 2.50. The van der Waals surface area contributed by atoms with Gasteiger partial charge in [0, 0.05) is 10.5 Å². The lowest BCUT2D eigenvalue weighted by Gasteiger charge is -2.18. The molecule has 114 valence electrons. The van der Waals surface area contributed by atoms with Crippen molar-refractivity contribution in [2.24, 2.45) is 5.84 Å². The lowest BCUT2D eigenvalue weighted by Crippen LogP contribution is -2.28. The molecular weight excluding hydrogens is 312 g/mol. The number of rotatable bonds is 9. The lowest BCUT2D eigenvalue weighted by atomic mass is 9.97. The zero-order valence-electron chi connectivity index (χ0n) is 13.1. The molecule has 0 saturated heterocycles. The van der Waals surface area contributed by atoms with E-state index in [-0.39, 0.29) is 6.04 Å².